The van der Waals surface area contributed by atoms with E-state index in [4.69, 9.17) is 4.74 Å². The van der Waals surface area contributed by atoms with Crippen LogP contribution in [0.25, 0.3) is 11.1 Å². The Morgan fingerprint density at radius 1 is 1.00 bits per heavy atom. The summed E-state index contributed by atoms with van der Waals surface area (Å²) in [5, 5.41) is 2.47. The fourth-order valence-corrected chi connectivity index (χ4v) is 3.87. The molecule has 0 bridgehead atoms. The second-order valence-corrected chi connectivity index (χ2v) is 7.44. The molecule has 166 valence electrons. The number of ether oxygens (including phenoxy) is 1. The topological polar surface area (TPSA) is 55.4 Å². The van der Waals surface area contributed by atoms with Gasteiger partial charge in [-0.1, -0.05) is 60.4 Å². The van der Waals surface area contributed by atoms with Gasteiger partial charge in [0.15, 0.2) is 0 Å². The van der Waals surface area contributed by atoms with Gasteiger partial charge in [0, 0.05) is 17.0 Å². The lowest BCUT2D eigenvalue weighted by molar-refractivity contribution is -0.137. The highest BCUT2D eigenvalue weighted by molar-refractivity contribution is 5.79. The fraction of sp³-hybridized carbons (Fsp3) is 0.154. The molecule has 0 saturated carbocycles. The van der Waals surface area contributed by atoms with E-state index < -0.39 is 17.8 Å². The van der Waals surface area contributed by atoms with Crippen molar-refractivity contribution in [3.05, 3.63) is 94.5 Å². The Morgan fingerprint density at radius 3 is 2.24 bits per heavy atom. The second-order valence-electron chi connectivity index (χ2n) is 7.44. The molecule has 7 heteroatoms. The number of amides is 1. The van der Waals surface area contributed by atoms with Crippen LogP contribution in [0.4, 0.5) is 18.0 Å². The molecule has 0 heterocycles. The molecule has 0 spiro atoms. The van der Waals surface area contributed by atoms with Gasteiger partial charge >= 0.3 is 12.3 Å². The van der Waals surface area contributed by atoms with E-state index >= 15 is 0 Å². The molecule has 1 N–H and O–H groups in total. The molecular formula is C26H18F3NO3. The fourth-order valence-electron chi connectivity index (χ4n) is 3.87. The molecule has 0 radical (unpaired) electrons. The van der Waals surface area contributed by atoms with Gasteiger partial charge in [0.1, 0.15) is 12.9 Å². The first-order valence-electron chi connectivity index (χ1n) is 10.1. The number of alkyl halides is 3. The van der Waals surface area contributed by atoms with Crippen molar-refractivity contribution < 1.29 is 27.5 Å². The number of hydrogen-bond acceptors (Lipinski definition) is 3. The molecule has 1 aliphatic rings. The summed E-state index contributed by atoms with van der Waals surface area (Å²) in [7, 11) is 0. The lowest BCUT2D eigenvalue weighted by atomic mass is 9.98. The molecule has 1 amide bonds. The van der Waals surface area contributed by atoms with Crippen molar-refractivity contribution in [1.82, 2.24) is 5.32 Å². The zero-order chi connectivity index (χ0) is 23.4. The number of alkyl carbamates (subject to hydrolysis) is 1. The third-order valence-corrected chi connectivity index (χ3v) is 5.32. The highest BCUT2D eigenvalue weighted by Gasteiger charge is 2.31. The summed E-state index contributed by atoms with van der Waals surface area (Å²) in [6.45, 7) is 0.0208. The molecule has 0 atom stereocenters. The molecule has 0 unspecified atom stereocenters. The minimum Gasteiger partial charge on any atom is -0.449 e. The van der Waals surface area contributed by atoms with E-state index in [9.17, 15) is 22.8 Å². The number of nitrogens with one attached hydrogen (secondary N) is 1. The van der Waals surface area contributed by atoms with Gasteiger partial charge in [-0.25, -0.2) is 4.79 Å². The van der Waals surface area contributed by atoms with Crippen molar-refractivity contribution in [3.8, 4) is 23.0 Å². The monoisotopic (exact) mass is 449 g/mol. The van der Waals surface area contributed by atoms with Crippen LogP contribution in [-0.4, -0.2) is 25.5 Å². The number of rotatable bonds is 4. The Hall–Kier alpha value is -4.05. The quantitative estimate of drug-likeness (QED) is 0.428. The van der Waals surface area contributed by atoms with Crippen molar-refractivity contribution in [2.45, 2.75) is 12.1 Å². The Balaban J connectivity index is 1.37. The summed E-state index contributed by atoms with van der Waals surface area (Å²) < 4.78 is 44.2. The number of hydrogen-bond donors (Lipinski definition) is 1. The van der Waals surface area contributed by atoms with Gasteiger partial charge in [0.2, 0.25) is 0 Å². The van der Waals surface area contributed by atoms with Crippen LogP contribution in [0, 0.1) is 11.8 Å². The smallest absolute Gasteiger partial charge is 0.416 e. The second kappa shape index (κ2) is 9.21. The maximum absolute atomic E-state index is 12.9. The molecule has 4 nitrogen and oxygen atoms in total. The van der Waals surface area contributed by atoms with Crippen molar-refractivity contribution >= 4 is 12.4 Å². The SMILES string of the molecule is O=Cc1cc(C#CCNC(=O)OCC2c3ccccc3-c3ccccc32)cc(C(F)(F)F)c1. The predicted octanol–water partition coefficient (Wildman–Crippen LogP) is 5.41. The van der Waals surface area contributed by atoms with E-state index in [0.717, 1.165) is 34.4 Å². The van der Waals surface area contributed by atoms with E-state index in [0.29, 0.717) is 6.29 Å². The molecule has 0 aromatic heterocycles. The lowest BCUT2D eigenvalue weighted by Crippen LogP contribution is -2.26. The van der Waals surface area contributed by atoms with Crippen molar-refractivity contribution in [2.75, 3.05) is 13.2 Å². The number of halogens is 3. The van der Waals surface area contributed by atoms with Gasteiger partial charge in [0.05, 0.1) is 12.1 Å². The molecule has 0 fully saturated rings. The molecule has 4 rings (SSSR count). The molecule has 0 saturated heterocycles. The van der Waals surface area contributed by atoms with Crippen molar-refractivity contribution in [2.24, 2.45) is 0 Å². The number of benzene rings is 3. The Labute approximate surface area is 188 Å². The maximum Gasteiger partial charge on any atom is 0.416 e. The van der Waals surface area contributed by atoms with Crippen LogP contribution in [0.2, 0.25) is 0 Å². The minimum absolute atomic E-state index is 0.0289. The van der Waals surface area contributed by atoms with Gasteiger partial charge < -0.3 is 10.1 Å². The number of fused-ring (bicyclic) bond motifs is 3. The zero-order valence-electron chi connectivity index (χ0n) is 17.3. The average Bonchev–Trinajstić information content (AvgIpc) is 3.13. The Morgan fingerprint density at radius 2 is 1.64 bits per heavy atom. The molecule has 1 aliphatic carbocycles. The van der Waals surface area contributed by atoms with Gasteiger partial charge in [-0.05, 0) is 40.5 Å². The van der Waals surface area contributed by atoms with E-state index in [2.05, 4.69) is 17.2 Å². The molecular weight excluding hydrogens is 431 g/mol. The number of carbonyl (C=O) groups excluding carboxylic acids is 2. The van der Waals surface area contributed by atoms with Crippen LogP contribution >= 0.6 is 0 Å². The predicted molar refractivity (Wildman–Crippen MR) is 117 cm³/mol. The largest absolute Gasteiger partial charge is 0.449 e. The lowest BCUT2D eigenvalue weighted by Gasteiger charge is -2.14. The summed E-state index contributed by atoms with van der Waals surface area (Å²) in [5.74, 6) is 5.03. The van der Waals surface area contributed by atoms with Crippen molar-refractivity contribution in [1.29, 1.82) is 0 Å². The summed E-state index contributed by atoms with van der Waals surface area (Å²) in [4.78, 5) is 23.0. The summed E-state index contributed by atoms with van der Waals surface area (Å²) in [6, 6.07) is 18.8. The summed E-state index contributed by atoms with van der Waals surface area (Å²) >= 11 is 0. The molecule has 0 aliphatic heterocycles. The van der Waals surface area contributed by atoms with Crippen LogP contribution in [0.3, 0.4) is 0 Å². The van der Waals surface area contributed by atoms with E-state index in [-0.39, 0.29) is 30.2 Å². The van der Waals surface area contributed by atoms with E-state index in [1.165, 1.54) is 6.07 Å². The number of carbonyl (C=O) groups is 2. The Bertz CT molecular complexity index is 1230. The first-order chi connectivity index (χ1) is 15.9. The van der Waals surface area contributed by atoms with Crippen LogP contribution < -0.4 is 5.32 Å². The molecule has 33 heavy (non-hydrogen) atoms. The average molecular weight is 449 g/mol. The van der Waals surface area contributed by atoms with Gasteiger partial charge in [0.25, 0.3) is 0 Å². The van der Waals surface area contributed by atoms with Crippen molar-refractivity contribution in [3.63, 3.8) is 0 Å². The standard InChI is InChI=1S/C26H18F3NO3/c27-26(28,29)19-13-17(12-18(14-19)15-31)6-5-11-30-25(32)33-16-24-22-9-3-1-7-20(22)21-8-2-4-10-23(21)24/h1-4,7-10,12-15,24H,11,16H2,(H,30,32). The zero-order valence-corrected chi connectivity index (χ0v) is 17.3. The Kier molecular flexibility index (Phi) is 6.18. The normalized spacial score (nSPS) is 12.2. The van der Waals surface area contributed by atoms with E-state index in [1.807, 2.05) is 48.5 Å². The van der Waals surface area contributed by atoms with E-state index in [1.54, 1.807) is 0 Å². The summed E-state index contributed by atoms with van der Waals surface area (Å²) in [6.07, 6.45) is -4.94. The van der Waals surface area contributed by atoms with Gasteiger partial charge in [-0.15, -0.1) is 0 Å². The first kappa shape index (κ1) is 22.2. The van der Waals surface area contributed by atoms with Crippen LogP contribution in [0.1, 0.15) is 38.5 Å². The third kappa shape index (κ3) is 4.90. The minimum atomic E-state index is -4.59. The third-order valence-electron chi connectivity index (χ3n) is 5.32. The first-order valence-corrected chi connectivity index (χ1v) is 10.1. The van der Waals surface area contributed by atoms with Gasteiger partial charge in [-0.3, -0.25) is 4.79 Å². The van der Waals surface area contributed by atoms with Gasteiger partial charge in [-0.2, -0.15) is 13.2 Å². The van der Waals surface area contributed by atoms with Crippen LogP contribution in [0.5, 0.6) is 0 Å². The molecule has 3 aromatic rings. The highest BCUT2D eigenvalue weighted by Crippen LogP contribution is 2.44. The van der Waals surface area contributed by atoms with Crippen LogP contribution in [-0.2, 0) is 10.9 Å². The highest BCUT2D eigenvalue weighted by atomic mass is 19.4. The summed E-state index contributed by atoms with van der Waals surface area (Å²) in [5.41, 5.74) is 3.34. The molecule has 3 aromatic carbocycles. The van der Waals surface area contributed by atoms with Crippen LogP contribution in [0.15, 0.2) is 66.7 Å². The maximum atomic E-state index is 12.9. The number of aldehydes is 1.